The number of anilines is 1. The van der Waals surface area contributed by atoms with E-state index in [4.69, 9.17) is 44.0 Å². The fraction of sp³-hybridized carbons (Fsp3) is 0.780. The molecule has 0 aliphatic carbocycles. The van der Waals surface area contributed by atoms with Gasteiger partial charge in [0.05, 0.1) is 61.3 Å². The number of aliphatic hydroxyl groups excluding tert-OH is 1. The van der Waals surface area contributed by atoms with Gasteiger partial charge >= 0.3 is 12.1 Å². The van der Waals surface area contributed by atoms with Crippen LogP contribution in [0.4, 0.5) is 10.6 Å². The van der Waals surface area contributed by atoms with E-state index in [-0.39, 0.29) is 55.4 Å². The van der Waals surface area contributed by atoms with Crippen LogP contribution in [0.15, 0.2) is 22.3 Å². The van der Waals surface area contributed by atoms with Gasteiger partial charge in [-0.2, -0.15) is 0 Å². The van der Waals surface area contributed by atoms with Gasteiger partial charge in [-0.05, 0) is 79.1 Å². The molecule has 4 bridgehead atoms. The van der Waals surface area contributed by atoms with E-state index in [9.17, 15) is 19.8 Å². The molecule has 0 saturated carbocycles. The summed E-state index contributed by atoms with van der Waals surface area (Å²) >= 11 is 0. The standard InChI is InChI=1S/C41H64N6O11/c1-11-30-41(8)34-23(4)31(43-14-15-47(34)39(51)58-41)21(2)17-40(7)35(57-38-32(49)28(46(9)10)16-22(3)55-38)24(5)33(25(6)37(50)56-30)52-18-27(19-53-40)45-54-20-26-12-13-29(48)36(42)44-26/h12-13,21-25,28,30,32-35,38,48-49H,11,14-20H2,1-10H3,(H2,42,44)/t21-,22+,23+,24+,25+,28-,30-,32+,33+,34-,35-,38-,40-,41-/m1/s1. The maximum atomic E-state index is 14.5. The minimum Gasteiger partial charge on any atom is -0.504 e. The highest BCUT2D eigenvalue weighted by atomic mass is 16.7. The fourth-order valence-corrected chi connectivity index (χ4v) is 10.00. The molecule has 324 valence electrons. The van der Waals surface area contributed by atoms with Gasteiger partial charge in [-0.25, -0.2) is 9.78 Å². The van der Waals surface area contributed by atoms with Gasteiger partial charge < -0.3 is 54.1 Å². The molecule has 0 spiro atoms. The van der Waals surface area contributed by atoms with Crippen LogP contribution in [0.5, 0.6) is 5.75 Å². The Morgan fingerprint density at radius 2 is 1.84 bits per heavy atom. The lowest BCUT2D eigenvalue weighted by molar-refractivity contribution is -0.302. The van der Waals surface area contributed by atoms with Crippen LogP contribution in [0.3, 0.4) is 0 Å². The third-order valence-corrected chi connectivity index (χ3v) is 12.9. The quantitative estimate of drug-likeness (QED) is 0.266. The molecule has 4 N–H and O–H groups in total. The average molecular weight is 817 g/mol. The molecule has 0 unspecified atom stereocenters. The number of pyridine rings is 1. The number of aliphatic imine (C=N–C) groups is 1. The first-order valence-electron chi connectivity index (χ1n) is 20.7. The summed E-state index contributed by atoms with van der Waals surface area (Å²) in [6.45, 7) is 16.2. The average Bonchev–Trinajstić information content (AvgIpc) is 3.31. The molecule has 4 fully saturated rings. The number of nitrogens with zero attached hydrogens (tertiary/aromatic N) is 5. The number of amides is 1. The number of carbonyl (C=O) groups is 2. The van der Waals surface area contributed by atoms with Crippen LogP contribution >= 0.6 is 0 Å². The Balaban J connectivity index is 1.44. The number of nitrogens with two attached hydrogens (primary N) is 1. The molecule has 1 aromatic rings. The largest absolute Gasteiger partial charge is 0.504 e. The van der Waals surface area contributed by atoms with Gasteiger partial charge in [0.1, 0.15) is 17.9 Å². The molecule has 0 aromatic carbocycles. The lowest BCUT2D eigenvalue weighted by Gasteiger charge is -2.48. The van der Waals surface area contributed by atoms with Gasteiger partial charge in [-0.3, -0.25) is 14.7 Å². The molecule has 17 nitrogen and oxygen atoms in total. The number of aliphatic hydroxyl groups is 1. The Morgan fingerprint density at radius 1 is 1.10 bits per heavy atom. The molecule has 14 atom stereocenters. The van der Waals surface area contributed by atoms with E-state index in [1.165, 1.54) is 6.07 Å². The summed E-state index contributed by atoms with van der Waals surface area (Å²) in [4.78, 5) is 46.7. The van der Waals surface area contributed by atoms with Gasteiger partial charge in [-0.1, -0.05) is 32.9 Å². The number of cyclic esters (lactones) is 1. The first-order chi connectivity index (χ1) is 27.4. The Kier molecular flexibility index (Phi) is 13.3. The molecule has 6 heterocycles. The van der Waals surface area contributed by atoms with Crippen LogP contribution in [-0.2, 0) is 44.7 Å². The van der Waals surface area contributed by atoms with Crippen molar-refractivity contribution in [2.75, 3.05) is 46.1 Å². The lowest BCUT2D eigenvalue weighted by Crippen LogP contribution is -2.60. The van der Waals surface area contributed by atoms with E-state index in [2.05, 4.69) is 24.0 Å². The predicted molar refractivity (Wildman–Crippen MR) is 213 cm³/mol. The fourth-order valence-electron chi connectivity index (χ4n) is 10.00. The zero-order valence-electron chi connectivity index (χ0n) is 35.6. The number of fused-ring (bicyclic) bond motifs is 4. The second-order valence-electron chi connectivity index (χ2n) is 17.5. The molecular formula is C41H64N6O11. The number of likely N-dealkylation sites (N-methyl/N-ethyl adjacent to an activating group) is 1. The third kappa shape index (κ3) is 8.66. The summed E-state index contributed by atoms with van der Waals surface area (Å²) < 4.78 is 39.6. The maximum absolute atomic E-state index is 14.5. The van der Waals surface area contributed by atoms with E-state index in [1.54, 1.807) is 17.9 Å². The highest BCUT2D eigenvalue weighted by molar-refractivity contribution is 5.91. The number of ether oxygens (including phenoxy) is 6. The summed E-state index contributed by atoms with van der Waals surface area (Å²) in [6.07, 6.45) is -3.68. The predicted octanol–water partition coefficient (Wildman–Crippen LogP) is 3.53. The minimum absolute atomic E-state index is 0.0276. The normalized spacial score (nSPS) is 40.8. The van der Waals surface area contributed by atoms with E-state index < -0.39 is 71.8 Å². The van der Waals surface area contributed by atoms with Crippen LogP contribution in [0.25, 0.3) is 0 Å². The first kappa shape index (κ1) is 44.0. The molecule has 17 heteroatoms. The first-order valence-corrected chi connectivity index (χ1v) is 20.7. The maximum Gasteiger partial charge on any atom is 0.410 e. The van der Waals surface area contributed by atoms with E-state index in [0.717, 1.165) is 5.71 Å². The van der Waals surface area contributed by atoms with E-state index in [1.807, 2.05) is 53.6 Å². The van der Waals surface area contributed by atoms with Crippen LogP contribution < -0.4 is 5.73 Å². The van der Waals surface area contributed by atoms with E-state index >= 15 is 0 Å². The second kappa shape index (κ2) is 17.5. The molecule has 1 amide bonds. The van der Waals surface area contributed by atoms with Crippen LogP contribution in [0.1, 0.15) is 80.3 Å². The van der Waals surface area contributed by atoms with Gasteiger partial charge in [0, 0.05) is 30.1 Å². The zero-order chi connectivity index (χ0) is 42.3. The lowest BCUT2D eigenvalue weighted by atomic mass is 9.72. The van der Waals surface area contributed by atoms with Crippen molar-refractivity contribution in [3.05, 3.63) is 17.8 Å². The molecule has 5 aliphatic heterocycles. The monoisotopic (exact) mass is 816 g/mol. The summed E-state index contributed by atoms with van der Waals surface area (Å²) in [7, 11) is 3.84. The van der Waals surface area contributed by atoms with Gasteiger partial charge in [-0.15, -0.1) is 0 Å². The van der Waals surface area contributed by atoms with Crippen molar-refractivity contribution in [3.8, 4) is 5.75 Å². The SMILES string of the molecule is CC[C@H]1OC(=O)[C@@H](C)[C@H]2OCC(=NOCc3ccc(O)c(N)n3)CO[C@](C)(C[C@@H](C)C3=NCCN4C(=O)O[C@@]1(C)[C@H]4[C@H]3C)[C@H](O[C@H]1O[C@@H](C)C[C@@H](N(C)C)[C@@H]1O)[C@H]2C. The molecule has 58 heavy (non-hydrogen) atoms. The van der Waals surface area contributed by atoms with Crippen LogP contribution in [0, 0.1) is 23.7 Å². The number of rotatable bonds is 7. The molecule has 5 aliphatic rings. The van der Waals surface area contributed by atoms with Crippen LogP contribution in [-0.4, -0.2) is 149 Å². The highest BCUT2D eigenvalue weighted by Gasteiger charge is 2.60. The van der Waals surface area contributed by atoms with Crippen molar-refractivity contribution in [2.45, 2.75) is 141 Å². The number of hydrogen-bond donors (Lipinski definition) is 3. The summed E-state index contributed by atoms with van der Waals surface area (Å²) in [5.41, 5.74) is 5.26. The number of esters is 1. The second-order valence-corrected chi connectivity index (χ2v) is 17.5. The number of hydrogen-bond acceptors (Lipinski definition) is 16. The number of nitrogen functional groups attached to an aromatic ring is 1. The number of aromatic hydroxyl groups is 1. The van der Waals surface area contributed by atoms with Crippen molar-refractivity contribution in [3.63, 3.8) is 0 Å². The summed E-state index contributed by atoms with van der Waals surface area (Å²) in [6, 6.07) is 2.33. The van der Waals surface area contributed by atoms with Crippen molar-refractivity contribution in [2.24, 2.45) is 33.8 Å². The Hall–Kier alpha value is -3.61. The van der Waals surface area contributed by atoms with Gasteiger partial charge in [0.25, 0.3) is 0 Å². The molecule has 0 radical (unpaired) electrons. The summed E-state index contributed by atoms with van der Waals surface area (Å²) in [5, 5.41) is 26.0. The zero-order valence-corrected chi connectivity index (χ0v) is 35.6. The Morgan fingerprint density at radius 3 is 2.53 bits per heavy atom. The van der Waals surface area contributed by atoms with Crippen molar-refractivity contribution >= 4 is 29.3 Å². The number of oxime groups is 1. The highest BCUT2D eigenvalue weighted by Crippen LogP contribution is 2.45. The van der Waals surface area contributed by atoms with E-state index in [0.29, 0.717) is 43.8 Å². The van der Waals surface area contributed by atoms with Gasteiger partial charge in [0.2, 0.25) is 0 Å². The molecule has 4 saturated heterocycles. The van der Waals surface area contributed by atoms with Crippen LogP contribution in [0.2, 0.25) is 0 Å². The molecule has 6 rings (SSSR count). The van der Waals surface area contributed by atoms with Crippen molar-refractivity contribution < 1.29 is 53.1 Å². The Bertz CT molecular complexity index is 1710. The van der Waals surface area contributed by atoms with Crippen molar-refractivity contribution in [1.29, 1.82) is 0 Å². The Labute approximate surface area is 341 Å². The summed E-state index contributed by atoms with van der Waals surface area (Å²) in [5.74, 6) is -2.56. The number of carbonyl (C=O) groups excluding carboxylic acids is 2. The van der Waals surface area contributed by atoms with Gasteiger partial charge in [0.15, 0.2) is 30.1 Å². The minimum atomic E-state index is -1.15. The van der Waals surface area contributed by atoms with Crippen molar-refractivity contribution in [1.82, 2.24) is 14.8 Å². The topological polar surface area (TPSA) is 209 Å². The number of aromatic nitrogens is 1. The molecule has 1 aromatic heterocycles. The third-order valence-electron chi connectivity index (χ3n) is 12.9. The smallest absolute Gasteiger partial charge is 0.410 e. The molecular weight excluding hydrogens is 752 g/mol.